The second kappa shape index (κ2) is 9.58. The number of carbonyl (C=O) groups is 1. The van der Waals surface area contributed by atoms with Crippen molar-refractivity contribution in [1.29, 1.82) is 0 Å². The van der Waals surface area contributed by atoms with Crippen LogP contribution in [0, 0.1) is 5.82 Å². The van der Waals surface area contributed by atoms with Crippen molar-refractivity contribution < 1.29 is 23.8 Å². The van der Waals surface area contributed by atoms with Crippen LogP contribution in [0.25, 0.3) is 0 Å². The van der Waals surface area contributed by atoms with Gasteiger partial charge in [0, 0.05) is 27.1 Å². The first-order valence-corrected chi connectivity index (χ1v) is 6.30. The maximum atomic E-state index is 12.5. The summed E-state index contributed by atoms with van der Waals surface area (Å²) in [6.45, 7) is 3.42. The average Bonchev–Trinajstić information content (AvgIpc) is 2.41. The van der Waals surface area contributed by atoms with Crippen LogP contribution >= 0.6 is 0 Å². The maximum Gasteiger partial charge on any atom is 0.154 e. The number of ether oxygens (including phenoxy) is 2. The lowest BCUT2D eigenvalue weighted by atomic mass is 9.94. The molecule has 0 fully saturated rings. The molecule has 0 heterocycles. The minimum Gasteiger partial charge on any atom is -0.389 e. The number of hydrogen-bond donors (Lipinski definition) is 1. The van der Waals surface area contributed by atoms with Crippen molar-refractivity contribution in [3.63, 3.8) is 0 Å². The van der Waals surface area contributed by atoms with Crippen LogP contribution in [-0.2, 0) is 20.7 Å². The Morgan fingerprint density at radius 1 is 1.30 bits per heavy atom. The second-order valence-corrected chi connectivity index (χ2v) is 4.71. The van der Waals surface area contributed by atoms with Crippen molar-refractivity contribution >= 4 is 6.29 Å². The molecule has 0 aromatic heterocycles. The number of methoxy groups -OCH3 is 2. The summed E-state index contributed by atoms with van der Waals surface area (Å²) in [6, 6.07) is 5.89. The first kappa shape index (κ1) is 18.7. The molecule has 0 saturated heterocycles. The Morgan fingerprint density at radius 2 is 1.80 bits per heavy atom. The number of aldehydes is 1. The molecule has 0 aliphatic rings. The number of aliphatic hydroxyl groups is 1. The zero-order chi connectivity index (χ0) is 15.6. The third-order valence-electron chi connectivity index (χ3n) is 2.69. The van der Waals surface area contributed by atoms with Crippen LogP contribution in [0.2, 0.25) is 0 Å². The van der Waals surface area contributed by atoms with Gasteiger partial charge in [-0.25, -0.2) is 4.39 Å². The van der Waals surface area contributed by atoms with E-state index < -0.39 is 5.60 Å². The first-order chi connectivity index (χ1) is 9.34. The fourth-order valence-electron chi connectivity index (χ4n) is 1.39. The van der Waals surface area contributed by atoms with Gasteiger partial charge in [-0.15, -0.1) is 0 Å². The van der Waals surface area contributed by atoms with Crippen molar-refractivity contribution in [2.45, 2.75) is 38.6 Å². The predicted molar refractivity (Wildman–Crippen MR) is 74.9 cm³/mol. The molecule has 1 aromatic carbocycles. The first-order valence-electron chi connectivity index (χ1n) is 6.30. The molecule has 0 radical (unpaired) electrons. The summed E-state index contributed by atoms with van der Waals surface area (Å²) in [5.41, 5.74) is -0.224. The highest BCUT2D eigenvalue weighted by atomic mass is 19.1. The Balaban J connectivity index is 0.000000511. The molecule has 0 amide bonds. The fraction of sp³-hybridized carbons (Fsp3) is 0.533. The molecule has 1 rings (SSSR count). The van der Waals surface area contributed by atoms with Crippen LogP contribution < -0.4 is 0 Å². The highest BCUT2D eigenvalue weighted by Gasteiger charge is 2.19. The number of carbonyl (C=O) groups excluding carboxylic acids is 1. The van der Waals surface area contributed by atoms with Gasteiger partial charge in [0.1, 0.15) is 12.1 Å². The molecule has 1 unspecified atom stereocenters. The predicted octanol–water partition coefficient (Wildman–Crippen LogP) is 2.33. The Labute approximate surface area is 119 Å². The van der Waals surface area contributed by atoms with Crippen LogP contribution in [0.4, 0.5) is 4.39 Å². The van der Waals surface area contributed by atoms with Gasteiger partial charge in [0.05, 0.1) is 5.60 Å². The Bertz CT molecular complexity index is 372. The quantitative estimate of drug-likeness (QED) is 0.644. The maximum absolute atomic E-state index is 12.5. The molecular weight excluding hydrogens is 263 g/mol. The largest absolute Gasteiger partial charge is 0.389 e. The molecule has 1 aromatic rings. The van der Waals surface area contributed by atoms with Crippen LogP contribution in [0.3, 0.4) is 0 Å². The third kappa shape index (κ3) is 8.74. The highest BCUT2D eigenvalue weighted by molar-refractivity contribution is 5.51. The van der Waals surface area contributed by atoms with Crippen molar-refractivity contribution in [3.05, 3.63) is 35.6 Å². The zero-order valence-corrected chi connectivity index (χ0v) is 12.4. The van der Waals surface area contributed by atoms with E-state index in [9.17, 15) is 14.3 Å². The lowest BCUT2D eigenvalue weighted by Crippen LogP contribution is -2.27. The van der Waals surface area contributed by atoms with Crippen LogP contribution in [-0.4, -0.2) is 37.5 Å². The lowest BCUT2D eigenvalue weighted by Gasteiger charge is -2.20. The van der Waals surface area contributed by atoms with Gasteiger partial charge >= 0.3 is 0 Å². The molecule has 0 bridgehead atoms. The molecule has 0 spiro atoms. The van der Waals surface area contributed by atoms with E-state index in [0.29, 0.717) is 12.7 Å². The average molecular weight is 286 g/mol. The van der Waals surface area contributed by atoms with Crippen LogP contribution in [0.5, 0.6) is 0 Å². The summed E-state index contributed by atoms with van der Waals surface area (Å²) in [5, 5.41) is 9.71. The van der Waals surface area contributed by atoms with E-state index in [0.717, 1.165) is 5.56 Å². The van der Waals surface area contributed by atoms with Gasteiger partial charge in [-0.05, 0) is 31.5 Å². The minimum absolute atomic E-state index is 0.0648. The van der Waals surface area contributed by atoms with E-state index in [4.69, 9.17) is 0 Å². The summed E-state index contributed by atoms with van der Waals surface area (Å²) in [5.74, 6) is -0.302. The van der Waals surface area contributed by atoms with E-state index in [1.807, 2.05) is 6.92 Å². The van der Waals surface area contributed by atoms with Crippen molar-refractivity contribution in [3.8, 4) is 0 Å². The Kier molecular flexibility index (Phi) is 8.96. The summed E-state index contributed by atoms with van der Waals surface area (Å²) in [6.07, 6.45) is 1.06. The van der Waals surface area contributed by atoms with Crippen LogP contribution in [0.15, 0.2) is 24.3 Å². The SMILES string of the molecule is CC(O)(CC=O)Cc1ccc(F)cc1.COC(C)OC. The van der Waals surface area contributed by atoms with Gasteiger partial charge in [-0.1, -0.05) is 12.1 Å². The summed E-state index contributed by atoms with van der Waals surface area (Å²) in [7, 11) is 3.21. The molecule has 0 aliphatic heterocycles. The summed E-state index contributed by atoms with van der Waals surface area (Å²) in [4.78, 5) is 10.2. The van der Waals surface area contributed by atoms with Gasteiger partial charge in [0.25, 0.3) is 0 Å². The fourth-order valence-corrected chi connectivity index (χ4v) is 1.39. The normalized spacial score (nSPS) is 13.3. The minimum atomic E-state index is -1.04. The van der Waals surface area contributed by atoms with Crippen molar-refractivity contribution in [1.82, 2.24) is 0 Å². The van der Waals surface area contributed by atoms with Crippen LogP contribution in [0.1, 0.15) is 25.8 Å². The Morgan fingerprint density at radius 3 is 2.15 bits per heavy atom. The van der Waals surface area contributed by atoms with E-state index in [-0.39, 0.29) is 18.5 Å². The number of rotatable bonds is 6. The molecule has 1 N–H and O–H groups in total. The molecule has 5 heteroatoms. The Hall–Kier alpha value is -1.30. The van der Waals surface area contributed by atoms with Crippen molar-refractivity contribution in [2.75, 3.05) is 14.2 Å². The second-order valence-electron chi connectivity index (χ2n) is 4.71. The monoisotopic (exact) mass is 286 g/mol. The summed E-state index contributed by atoms with van der Waals surface area (Å²) < 4.78 is 21.9. The molecule has 114 valence electrons. The lowest BCUT2D eigenvalue weighted by molar-refractivity contribution is -0.111. The third-order valence-corrected chi connectivity index (χ3v) is 2.69. The molecule has 4 nitrogen and oxygen atoms in total. The number of hydrogen-bond acceptors (Lipinski definition) is 4. The number of halogens is 1. The zero-order valence-electron chi connectivity index (χ0n) is 12.4. The van der Waals surface area contributed by atoms with Gasteiger partial charge in [-0.2, -0.15) is 0 Å². The highest BCUT2D eigenvalue weighted by Crippen LogP contribution is 2.15. The van der Waals surface area contributed by atoms with Gasteiger partial charge in [0.2, 0.25) is 0 Å². The topological polar surface area (TPSA) is 55.8 Å². The van der Waals surface area contributed by atoms with Gasteiger partial charge in [0.15, 0.2) is 6.29 Å². The van der Waals surface area contributed by atoms with E-state index in [1.165, 1.54) is 12.1 Å². The van der Waals surface area contributed by atoms with E-state index in [1.54, 1.807) is 33.3 Å². The van der Waals surface area contributed by atoms with E-state index >= 15 is 0 Å². The summed E-state index contributed by atoms with van der Waals surface area (Å²) >= 11 is 0. The molecular formula is C15H23FO4. The standard InChI is InChI=1S/C11H13FO2.C4H10O2/c1-11(14,6-7-13)8-9-2-4-10(12)5-3-9;1-4(5-2)6-3/h2-5,7,14H,6,8H2,1H3;4H,1-3H3. The van der Waals surface area contributed by atoms with Crippen molar-refractivity contribution in [2.24, 2.45) is 0 Å². The van der Waals surface area contributed by atoms with E-state index in [2.05, 4.69) is 9.47 Å². The smallest absolute Gasteiger partial charge is 0.154 e. The van der Waals surface area contributed by atoms with Gasteiger partial charge < -0.3 is 19.4 Å². The molecule has 1 atom stereocenters. The molecule has 0 aliphatic carbocycles. The van der Waals surface area contributed by atoms with Gasteiger partial charge in [-0.3, -0.25) is 0 Å². The molecule has 20 heavy (non-hydrogen) atoms. The number of benzene rings is 1. The molecule has 0 saturated carbocycles.